The van der Waals surface area contributed by atoms with E-state index in [2.05, 4.69) is 10.5 Å². The number of anilines is 1. The van der Waals surface area contributed by atoms with Gasteiger partial charge in [-0.3, -0.25) is 4.79 Å². The van der Waals surface area contributed by atoms with Gasteiger partial charge in [0.25, 0.3) is 5.91 Å². The first-order valence-corrected chi connectivity index (χ1v) is 6.75. The normalized spacial score (nSPS) is 11.3. The summed E-state index contributed by atoms with van der Waals surface area (Å²) < 4.78 is 0. The summed E-state index contributed by atoms with van der Waals surface area (Å²) in [6.45, 7) is 3.55. The summed E-state index contributed by atoms with van der Waals surface area (Å²) in [5, 5.41) is 15.3. The fourth-order valence-corrected chi connectivity index (χ4v) is 1.96. The number of hydrogen-bond donors (Lipinski definition) is 2. The lowest BCUT2D eigenvalue weighted by molar-refractivity contribution is 0.102. The summed E-state index contributed by atoms with van der Waals surface area (Å²) in [5.41, 5.74) is 3.38. The molecule has 2 aromatic rings. The molecule has 0 aliphatic rings. The van der Waals surface area contributed by atoms with Gasteiger partial charge in [-0.15, -0.1) is 0 Å². The van der Waals surface area contributed by atoms with Gasteiger partial charge in [-0.1, -0.05) is 28.9 Å². The molecular weight excluding hydrogens is 288 g/mol. The zero-order chi connectivity index (χ0) is 15.4. The van der Waals surface area contributed by atoms with Crippen LogP contribution in [0.3, 0.4) is 0 Å². The van der Waals surface area contributed by atoms with Crippen LogP contribution in [0, 0.1) is 6.92 Å². The van der Waals surface area contributed by atoms with Crippen molar-refractivity contribution in [3.8, 4) is 0 Å². The predicted molar refractivity (Wildman–Crippen MR) is 84.6 cm³/mol. The second kappa shape index (κ2) is 6.41. The van der Waals surface area contributed by atoms with Crippen LogP contribution < -0.4 is 5.32 Å². The zero-order valence-electron chi connectivity index (χ0n) is 11.7. The molecular formula is C16H15ClN2O2. The highest BCUT2D eigenvalue weighted by Gasteiger charge is 2.08. The maximum absolute atomic E-state index is 12.1. The summed E-state index contributed by atoms with van der Waals surface area (Å²) in [4.78, 5) is 12.1. The van der Waals surface area contributed by atoms with Crippen molar-refractivity contribution in [2.45, 2.75) is 13.8 Å². The van der Waals surface area contributed by atoms with Gasteiger partial charge in [-0.25, -0.2) is 0 Å². The van der Waals surface area contributed by atoms with E-state index in [4.69, 9.17) is 16.8 Å². The highest BCUT2D eigenvalue weighted by molar-refractivity contribution is 6.31. The van der Waals surface area contributed by atoms with E-state index >= 15 is 0 Å². The first-order valence-electron chi connectivity index (χ1n) is 6.38. The highest BCUT2D eigenvalue weighted by atomic mass is 35.5. The van der Waals surface area contributed by atoms with Crippen molar-refractivity contribution in [1.82, 2.24) is 0 Å². The van der Waals surface area contributed by atoms with Crippen LogP contribution >= 0.6 is 11.6 Å². The molecule has 0 saturated heterocycles. The molecule has 0 saturated carbocycles. The van der Waals surface area contributed by atoms with Crippen LogP contribution in [0.5, 0.6) is 0 Å². The number of hydrogen-bond acceptors (Lipinski definition) is 3. The van der Waals surface area contributed by atoms with Crippen LogP contribution in [0.25, 0.3) is 0 Å². The molecule has 0 aliphatic heterocycles. The molecule has 4 nitrogen and oxygen atoms in total. The Hall–Kier alpha value is -2.33. The maximum Gasteiger partial charge on any atom is 0.255 e. The SMILES string of the molecule is C/C(=N/O)c1ccc(NC(=O)c2ccc(Cl)c(C)c2)cc1. The highest BCUT2D eigenvalue weighted by Crippen LogP contribution is 2.18. The molecule has 0 radical (unpaired) electrons. The molecule has 108 valence electrons. The molecule has 1 amide bonds. The van der Waals surface area contributed by atoms with E-state index in [9.17, 15) is 4.79 Å². The van der Waals surface area contributed by atoms with E-state index in [0.717, 1.165) is 11.1 Å². The molecule has 0 heterocycles. The third-order valence-electron chi connectivity index (χ3n) is 3.13. The number of benzene rings is 2. The molecule has 2 N–H and O–H groups in total. The number of amides is 1. The number of aryl methyl sites for hydroxylation is 1. The monoisotopic (exact) mass is 302 g/mol. The van der Waals surface area contributed by atoms with E-state index < -0.39 is 0 Å². The summed E-state index contributed by atoms with van der Waals surface area (Å²) in [5.74, 6) is -0.199. The minimum Gasteiger partial charge on any atom is -0.411 e. The number of oxime groups is 1. The summed E-state index contributed by atoms with van der Waals surface area (Å²) >= 11 is 5.94. The van der Waals surface area contributed by atoms with Gasteiger partial charge < -0.3 is 10.5 Å². The van der Waals surface area contributed by atoms with Crippen LogP contribution in [0.1, 0.15) is 28.4 Å². The van der Waals surface area contributed by atoms with Crippen molar-refractivity contribution in [3.63, 3.8) is 0 Å². The van der Waals surface area contributed by atoms with Gasteiger partial charge >= 0.3 is 0 Å². The number of nitrogens with zero attached hydrogens (tertiary/aromatic N) is 1. The van der Waals surface area contributed by atoms with Gasteiger partial charge in [0.1, 0.15) is 0 Å². The number of carbonyl (C=O) groups excluding carboxylic acids is 1. The Bertz CT molecular complexity index is 694. The second-order valence-corrected chi connectivity index (χ2v) is 5.09. The Labute approximate surface area is 128 Å². The minimum atomic E-state index is -0.199. The van der Waals surface area contributed by atoms with Crippen molar-refractivity contribution in [3.05, 3.63) is 64.2 Å². The van der Waals surface area contributed by atoms with E-state index in [-0.39, 0.29) is 5.91 Å². The lowest BCUT2D eigenvalue weighted by atomic mass is 10.1. The van der Waals surface area contributed by atoms with Gasteiger partial charge in [0.2, 0.25) is 0 Å². The molecule has 0 unspecified atom stereocenters. The van der Waals surface area contributed by atoms with Crippen LogP contribution in [0.2, 0.25) is 5.02 Å². The van der Waals surface area contributed by atoms with Crippen LogP contribution in [-0.4, -0.2) is 16.8 Å². The first kappa shape index (κ1) is 15.1. The number of halogens is 1. The number of rotatable bonds is 3. The summed E-state index contributed by atoms with van der Waals surface area (Å²) in [6.07, 6.45) is 0. The van der Waals surface area contributed by atoms with Gasteiger partial charge in [0, 0.05) is 16.3 Å². The van der Waals surface area contributed by atoms with Crippen molar-refractivity contribution >= 4 is 28.9 Å². The van der Waals surface area contributed by atoms with Crippen molar-refractivity contribution in [2.24, 2.45) is 5.16 Å². The Morgan fingerprint density at radius 2 is 1.76 bits per heavy atom. The van der Waals surface area contributed by atoms with E-state index in [1.807, 2.05) is 6.92 Å². The standard InChI is InChI=1S/C16H15ClN2O2/c1-10-9-13(5-8-15(10)17)16(20)18-14-6-3-12(4-7-14)11(2)19-21/h3-9,21H,1-2H3,(H,18,20)/b19-11-. The van der Waals surface area contributed by atoms with Crippen molar-refractivity contribution in [1.29, 1.82) is 0 Å². The van der Waals surface area contributed by atoms with Crippen molar-refractivity contribution < 1.29 is 10.0 Å². The Kier molecular flexibility index (Phi) is 4.60. The first-order chi connectivity index (χ1) is 10.0. The summed E-state index contributed by atoms with van der Waals surface area (Å²) in [7, 11) is 0. The molecule has 0 aromatic heterocycles. The molecule has 0 fully saturated rings. The molecule has 21 heavy (non-hydrogen) atoms. The second-order valence-electron chi connectivity index (χ2n) is 4.68. The molecule has 0 bridgehead atoms. The van der Waals surface area contributed by atoms with Gasteiger partial charge in [0.15, 0.2) is 0 Å². The van der Waals surface area contributed by atoms with E-state index in [0.29, 0.717) is 22.0 Å². The van der Waals surface area contributed by atoms with Gasteiger partial charge in [-0.2, -0.15) is 0 Å². The molecule has 2 rings (SSSR count). The van der Waals surface area contributed by atoms with Gasteiger partial charge in [0.05, 0.1) is 5.71 Å². The minimum absolute atomic E-state index is 0.199. The van der Waals surface area contributed by atoms with Crippen LogP contribution in [0.4, 0.5) is 5.69 Å². The third kappa shape index (κ3) is 3.61. The number of nitrogens with one attached hydrogen (secondary N) is 1. The largest absolute Gasteiger partial charge is 0.411 e. The Morgan fingerprint density at radius 1 is 1.14 bits per heavy atom. The van der Waals surface area contributed by atoms with E-state index in [1.54, 1.807) is 49.4 Å². The third-order valence-corrected chi connectivity index (χ3v) is 3.55. The maximum atomic E-state index is 12.1. The molecule has 0 aliphatic carbocycles. The fourth-order valence-electron chi connectivity index (χ4n) is 1.84. The quantitative estimate of drug-likeness (QED) is 0.509. The zero-order valence-corrected chi connectivity index (χ0v) is 12.5. The average molecular weight is 303 g/mol. The average Bonchev–Trinajstić information content (AvgIpc) is 2.50. The Balaban J connectivity index is 2.14. The molecule has 5 heteroatoms. The smallest absolute Gasteiger partial charge is 0.255 e. The summed E-state index contributed by atoms with van der Waals surface area (Å²) in [6, 6.07) is 12.2. The molecule has 0 spiro atoms. The van der Waals surface area contributed by atoms with Gasteiger partial charge in [-0.05, 0) is 55.3 Å². The van der Waals surface area contributed by atoms with Crippen LogP contribution in [0.15, 0.2) is 47.6 Å². The lowest BCUT2D eigenvalue weighted by Gasteiger charge is -2.07. The molecule has 2 aromatic carbocycles. The topological polar surface area (TPSA) is 61.7 Å². The molecule has 0 atom stereocenters. The fraction of sp³-hybridized carbons (Fsp3) is 0.125. The predicted octanol–water partition coefficient (Wildman–Crippen LogP) is 4.10. The lowest BCUT2D eigenvalue weighted by Crippen LogP contribution is -2.12. The van der Waals surface area contributed by atoms with Crippen LogP contribution in [-0.2, 0) is 0 Å². The Morgan fingerprint density at radius 3 is 2.33 bits per heavy atom. The van der Waals surface area contributed by atoms with E-state index in [1.165, 1.54) is 0 Å². The van der Waals surface area contributed by atoms with Crippen molar-refractivity contribution in [2.75, 3.05) is 5.32 Å². The number of carbonyl (C=O) groups is 1.